The molecule has 1 N–H and O–H groups in total. The van der Waals surface area contributed by atoms with Crippen molar-refractivity contribution >= 4 is 46.4 Å². The molecule has 2 amide bonds. The van der Waals surface area contributed by atoms with E-state index in [0.29, 0.717) is 21.3 Å². The second-order valence-electron chi connectivity index (χ2n) is 9.20. The fraction of sp³-hybridized carbons (Fsp3) is 0.161. The van der Waals surface area contributed by atoms with E-state index in [1.807, 2.05) is 85.7 Å². The van der Waals surface area contributed by atoms with E-state index in [0.717, 1.165) is 16.8 Å². The van der Waals surface area contributed by atoms with Gasteiger partial charge in [-0.3, -0.25) is 9.59 Å². The summed E-state index contributed by atoms with van der Waals surface area (Å²) in [5, 5.41) is 4.16. The molecule has 0 fully saturated rings. The Labute approximate surface area is 233 Å². The summed E-state index contributed by atoms with van der Waals surface area (Å²) in [7, 11) is 3.91. The largest absolute Gasteiger partial charge is 0.378 e. The molecule has 0 spiro atoms. The molecule has 4 aromatic rings. The molecule has 7 heteroatoms. The monoisotopic (exact) mass is 545 g/mol. The highest BCUT2D eigenvalue weighted by molar-refractivity contribution is 6.30. The highest BCUT2D eigenvalue weighted by Gasteiger charge is 2.32. The van der Waals surface area contributed by atoms with Gasteiger partial charge in [-0.2, -0.15) is 0 Å². The van der Waals surface area contributed by atoms with Gasteiger partial charge in [0, 0.05) is 42.1 Å². The SMILES string of the molecule is CN(C)c1ccc(NC(=O)C(c2ccc(Cl)cc2)N(Cc2ccc(Cl)cc2)C(=O)Cc2ccccc2)cc1. The van der Waals surface area contributed by atoms with E-state index in [9.17, 15) is 9.59 Å². The summed E-state index contributed by atoms with van der Waals surface area (Å²) >= 11 is 12.3. The van der Waals surface area contributed by atoms with Crippen molar-refractivity contribution in [3.63, 3.8) is 0 Å². The zero-order valence-corrected chi connectivity index (χ0v) is 22.8. The lowest BCUT2D eigenvalue weighted by Crippen LogP contribution is -2.41. The van der Waals surface area contributed by atoms with Crippen molar-refractivity contribution in [2.75, 3.05) is 24.3 Å². The zero-order valence-electron chi connectivity index (χ0n) is 21.3. The lowest BCUT2D eigenvalue weighted by Gasteiger charge is -2.32. The summed E-state index contributed by atoms with van der Waals surface area (Å²) in [5.74, 6) is -0.496. The van der Waals surface area contributed by atoms with Gasteiger partial charge in [0.2, 0.25) is 5.91 Å². The summed E-state index contributed by atoms with van der Waals surface area (Å²) in [6.07, 6.45) is 0.156. The van der Waals surface area contributed by atoms with Gasteiger partial charge < -0.3 is 15.1 Å². The Morgan fingerprint density at radius 3 is 1.89 bits per heavy atom. The first kappa shape index (κ1) is 27.2. The quantitative estimate of drug-likeness (QED) is 0.246. The van der Waals surface area contributed by atoms with E-state index in [4.69, 9.17) is 23.2 Å². The first-order valence-corrected chi connectivity index (χ1v) is 13.0. The van der Waals surface area contributed by atoms with Crippen LogP contribution in [0.1, 0.15) is 22.7 Å². The van der Waals surface area contributed by atoms with Crippen LogP contribution in [0.25, 0.3) is 0 Å². The van der Waals surface area contributed by atoms with E-state index in [2.05, 4.69) is 5.32 Å². The molecule has 38 heavy (non-hydrogen) atoms. The molecule has 4 aromatic carbocycles. The van der Waals surface area contributed by atoms with Gasteiger partial charge in [0.25, 0.3) is 5.91 Å². The first-order chi connectivity index (χ1) is 18.3. The second kappa shape index (κ2) is 12.6. The van der Waals surface area contributed by atoms with Gasteiger partial charge in [-0.05, 0) is 65.2 Å². The number of halogens is 2. The van der Waals surface area contributed by atoms with Crippen LogP contribution in [0.5, 0.6) is 0 Å². The minimum atomic E-state index is -0.896. The van der Waals surface area contributed by atoms with Gasteiger partial charge in [-0.25, -0.2) is 0 Å². The van der Waals surface area contributed by atoms with Crippen LogP contribution >= 0.6 is 23.2 Å². The Morgan fingerprint density at radius 2 is 1.32 bits per heavy atom. The molecule has 1 atom stereocenters. The molecule has 0 heterocycles. The maximum absolute atomic E-state index is 13.9. The molecule has 0 aliphatic rings. The molecule has 194 valence electrons. The summed E-state index contributed by atoms with van der Waals surface area (Å²) < 4.78 is 0. The minimum Gasteiger partial charge on any atom is -0.378 e. The number of nitrogens with zero attached hydrogens (tertiary/aromatic N) is 2. The predicted octanol–water partition coefficient (Wildman–Crippen LogP) is 7.01. The van der Waals surface area contributed by atoms with E-state index >= 15 is 0 Å². The van der Waals surface area contributed by atoms with E-state index in [-0.39, 0.29) is 24.8 Å². The van der Waals surface area contributed by atoms with Crippen LogP contribution in [-0.4, -0.2) is 30.8 Å². The molecular weight excluding hydrogens is 517 g/mol. The van der Waals surface area contributed by atoms with Crippen molar-refractivity contribution in [1.82, 2.24) is 4.90 Å². The van der Waals surface area contributed by atoms with Gasteiger partial charge in [0.05, 0.1) is 6.42 Å². The smallest absolute Gasteiger partial charge is 0.251 e. The van der Waals surface area contributed by atoms with Gasteiger partial charge in [0.1, 0.15) is 6.04 Å². The zero-order chi connectivity index (χ0) is 27.1. The normalized spacial score (nSPS) is 11.5. The van der Waals surface area contributed by atoms with Gasteiger partial charge in [-0.15, -0.1) is 0 Å². The van der Waals surface area contributed by atoms with Crippen LogP contribution in [-0.2, 0) is 22.6 Å². The third-order valence-electron chi connectivity index (χ3n) is 6.18. The molecule has 0 bridgehead atoms. The molecule has 1 unspecified atom stereocenters. The number of carbonyl (C=O) groups excluding carboxylic acids is 2. The molecule has 0 aliphatic heterocycles. The van der Waals surface area contributed by atoms with E-state index < -0.39 is 6.04 Å². The number of amides is 2. The van der Waals surface area contributed by atoms with Crippen molar-refractivity contribution < 1.29 is 9.59 Å². The average molecular weight is 546 g/mol. The highest BCUT2D eigenvalue weighted by Crippen LogP contribution is 2.28. The van der Waals surface area contributed by atoms with E-state index in [1.165, 1.54) is 0 Å². The number of rotatable bonds is 9. The van der Waals surface area contributed by atoms with Crippen LogP contribution in [0.2, 0.25) is 10.0 Å². The van der Waals surface area contributed by atoms with Crippen molar-refractivity contribution in [1.29, 1.82) is 0 Å². The number of anilines is 2. The van der Waals surface area contributed by atoms with Crippen molar-refractivity contribution in [3.05, 3.63) is 130 Å². The lowest BCUT2D eigenvalue weighted by atomic mass is 10.0. The third kappa shape index (κ3) is 7.15. The first-order valence-electron chi connectivity index (χ1n) is 12.2. The number of carbonyl (C=O) groups is 2. The Balaban J connectivity index is 1.71. The summed E-state index contributed by atoms with van der Waals surface area (Å²) in [6.45, 7) is 0.225. The third-order valence-corrected chi connectivity index (χ3v) is 6.69. The molecular formula is C31H29Cl2N3O2. The highest BCUT2D eigenvalue weighted by atomic mass is 35.5. The van der Waals surface area contributed by atoms with Crippen LogP contribution in [0, 0.1) is 0 Å². The van der Waals surface area contributed by atoms with E-state index in [1.54, 1.807) is 41.3 Å². The topological polar surface area (TPSA) is 52.7 Å². The Kier molecular flexibility index (Phi) is 9.06. The lowest BCUT2D eigenvalue weighted by molar-refractivity contribution is -0.139. The fourth-order valence-electron chi connectivity index (χ4n) is 4.15. The maximum atomic E-state index is 13.9. The number of hydrogen-bond donors (Lipinski definition) is 1. The molecule has 0 aromatic heterocycles. The second-order valence-corrected chi connectivity index (χ2v) is 10.1. The number of benzene rings is 4. The Bertz CT molecular complexity index is 1360. The summed E-state index contributed by atoms with van der Waals surface area (Å²) in [6, 6.07) is 30.5. The van der Waals surface area contributed by atoms with Crippen LogP contribution in [0.4, 0.5) is 11.4 Å². The molecule has 0 saturated heterocycles. The van der Waals surface area contributed by atoms with Gasteiger partial charge >= 0.3 is 0 Å². The molecule has 0 saturated carbocycles. The van der Waals surface area contributed by atoms with Crippen LogP contribution < -0.4 is 10.2 Å². The summed E-state index contributed by atoms with van der Waals surface area (Å²) in [5.41, 5.74) is 4.04. The Hall–Kier alpha value is -3.80. The standard InChI is InChI=1S/C31H29Cl2N3O2/c1-35(2)28-18-16-27(17-19-28)34-31(38)30(24-10-14-26(33)15-11-24)36(21-23-8-12-25(32)13-9-23)29(37)20-22-6-4-3-5-7-22/h3-19,30H,20-21H2,1-2H3,(H,34,38). The molecule has 0 aliphatic carbocycles. The van der Waals surface area contributed by atoms with Crippen LogP contribution in [0.3, 0.4) is 0 Å². The minimum absolute atomic E-state index is 0.156. The predicted molar refractivity (Wildman–Crippen MR) is 156 cm³/mol. The fourth-order valence-corrected chi connectivity index (χ4v) is 4.41. The van der Waals surface area contributed by atoms with Gasteiger partial charge in [-0.1, -0.05) is 77.8 Å². The maximum Gasteiger partial charge on any atom is 0.251 e. The molecule has 0 radical (unpaired) electrons. The van der Waals surface area contributed by atoms with Gasteiger partial charge in [0.15, 0.2) is 0 Å². The van der Waals surface area contributed by atoms with Crippen molar-refractivity contribution in [2.24, 2.45) is 0 Å². The number of nitrogens with one attached hydrogen (secondary N) is 1. The molecule has 5 nitrogen and oxygen atoms in total. The Morgan fingerprint density at radius 1 is 0.737 bits per heavy atom. The van der Waals surface area contributed by atoms with Crippen molar-refractivity contribution in [3.8, 4) is 0 Å². The average Bonchev–Trinajstić information content (AvgIpc) is 2.91. The van der Waals surface area contributed by atoms with Crippen molar-refractivity contribution in [2.45, 2.75) is 19.0 Å². The summed E-state index contributed by atoms with van der Waals surface area (Å²) in [4.78, 5) is 31.3. The van der Waals surface area contributed by atoms with Crippen LogP contribution in [0.15, 0.2) is 103 Å². The molecule has 4 rings (SSSR count). The number of hydrogen-bond acceptors (Lipinski definition) is 3.